The molecule has 0 bridgehead atoms. The van der Waals surface area contributed by atoms with Crippen molar-refractivity contribution in [3.8, 4) is 0 Å². The molecular weight excluding hydrogens is 381 g/mol. The molecule has 1 heterocycles. The third kappa shape index (κ3) is 5.14. The summed E-state index contributed by atoms with van der Waals surface area (Å²) in [7, 11) is 0. The van der Waals surface area contributed by atoms with Gasteiger partial charge in [-0.25, -0.2) is 9.37 Å². The molecule has 142 valence electrons. The molecule has 2 N–H and O–H groups in total. The van der Waals surface area contributed by atoms with E-state index in [9.17, 15) is 14.0 Å². The predicted molar refractivity (Wildman–Crippen MR) is 104 cm³/mol. The minimum absolute atomic E-state index is 0.118. The summed E-state index contributed by atoms with van der Waals surface area (Å²) in [5.74, 6) is -1.18. The summed E-state index contributed by atoms with van der Waals surface area (Å²) in [4.78, 5) is 28.7. The zero-order valence-corrected chi connectivity index (χ0v) is 15.5. The summed E-state index contributed by atoms with van der Waals surface area (Å²) >= 11 is 6.07. The summed E-state index contributed by atoms with van der Waals surface area (Å²) < 4.78 is 12.9. The number of carbonyl (C=O) groups excluding carboxylic acids is 2. The zero-order valence-electron chi connectivity index (χ0n) is 14.8. The van der Waals surface area contributed by atoms with Crippen LogP contribution in [-0.2, 0) is 13.1 Å². The lowest BCUT2D eigenvalue weighted by Crippen LogP contribution is -2.27. The van der Waals surface area contributed by atoms with Crippen molar-refractivity contribution < 1.29 is 14.0 Å². The molecule has 7 heteroatoms. The van der Waals surface area contributed by atoms with E-state index in [1.807, 2.05) is 18.2 Å². The Kier molecular flexibility index (Phi) is 6.34. The summed E-state index contributed by atoms with van der Waals surface area (Å²) in [6.45, 7) is 0.477. The Morgan fingerprint density at radius 2 is 1.43 bits per heavy atom. The van der Waals surface area contributed by atoms with Crippen molar-refractivity contribution in [2.45, 2.75) is 13.1 Å². The third-order valence-corrected chi connectivity index (χ3v) is 4.35. The molecule has 0 radical (unpaired) electrons. The molecule has 0 aliphatic heterocycles. The molecular formula is C21H17ClFN3O2. The molecule has 0 fully saturated rings. The molecule has 0 saturated carbocycles. The highest BCUT2D eigenvalue weighted by Gasteiger charge is 2.12. The van der Waals surface area contributed by atoms with Gasteiger partial charge in [-0.15, -0.1) is 0 Å². The van der Waals surface area contributed by atoms with Crippen molar-refractivity contribution >= 4 is 23.4 Å². The van der Waals surface area contributed by atoms with Gasteiger partial charge in [0.15, 0.2) is 0 Å². The van der Waals surface area contributed by atoms with Crippen LogP contribution in [-0.4, -0.2) is 16.8 Å². The normalized spacial score (nSPS) is 10.4. The van der Waals surface area contributed by atoms with Crippen molar-refractivity contribution in [3.63, 3.8) is 0 Å². The maximum absolute atomic E-state index is 12.9. The average molecular weight is 398 g/mol. The SMILES string of the molecule is O=C(NCc1ccc(F)cc1)c1cccc(C(=O)NCc2ccccc2Cl)n1. The van der Waals surface area contributed by atoms with E-state index in [0.717, 1.165) is 11.1 Å². The first-order valence-electron chi connectivity index (χ1n) is 8.54. The van der Waals surface area contributed by atoms with Crippen LogP contribution in [0.4, 0.5) is 4.39 Å². The minimum atomic E-state index is -0.426. The van der Waals surface area contributed by atoms with Crippen molar-refractivity contribution in [2.75, 3.05) is 0 Å². The Bertz CT molecular complexity index is 993. The number of rotatable bonds is 6. The van der Waals surface area contributed by atoms with Gasteiger partial charge < -0.3 is 10.6 Å². The molecule has 1 aromatic heterocycles. The lowest BCUT2D eigenvalue weighted by Gasteiger charge is -2.08. The second-order valence-corrected chi connectivity index (χ2v) is 6.40. The molecule has 0 atom stereocenters. The Balaban J connectivity index is 1.60. The maximum atomic E-state index is 12.9. The number of pyridine rings is 1. The van der Waals surface area contributed by atoms with Gasteiger partial charge in [-0.3, -0.25) is 9.59 Å². The number of benzene rings is 2. The fourth-order valence-corrected chi connectivity index (χ4v) is 2.67. The number of hydrogen-bond donors (Lipinski definition) is 2. The van der Waals surface area contributed by atoms with Crippen LogP contribution >= 0.6 is 11.6 Å². The quantitative estimate of drug-likeness (QED) is 0.665. The molecule has 2 amide bonds. The maximum Gasteiger partial charge on any atom is 0.270 e. The van der Waals surface area contributed by atoms with E-state index in [4.69, 9.17) is 11.6 Å². The fourth-order valence-electron chi connectivity index (χ4n) is 2.47. The summed E-state index contributed by atoms with van der Waals surface area (Å²) in [5.41, 5.74) is 1.78. The Hall–Kier alpha value is -3.25. The van der Waals surface area contributed by atoms with Crippen LogP contribution in [0.5, 0.6) is 0 Å². The van der Waals surface area contributed by atoms with E-state index >= 15 is 0 Å². The van der Waals surface area contributed by atoms with Gasteiger partial charge in [0.25, 0.3) is 11.8 Å². The molecule has 3 aromatic rings. The van der Waals surface area contributed by atoms with Crippen molar-refractivity contribution in [3.05, 3.63) is 100 Å². The highest BCUT2D eigenvalue weighted by molar-refractivity contribution is 6.31. The van der Waals surface area contributed by atoms with E-state index in [2.05, 4.69) is 15.6 Å². The molecule has 5 nitrogen and oxygen atoms in total. The molecule has 3 rings (SSSR count). The number of amides is 2. The van der Waals surface area contributed by atoms with Crippen LogP contribution in [0.2, 0.25) is 5.02 Å². The van der Waals surface area contributed by atoms with Gasteiger partial charge in [0.05, 0.1) is 0 Å². The van der Waals surface area contributed by atoms with Gasteiger partial charge in [0.1, 0.15) is 17.2 Å². The molecule has 0 unspecified atom stereocenters. The molecule has 0 aliphatic carbocycles. The first kappa shape index (κ1) is 19.5. The van der Waals surface area contributed by atoms with E-state index in [0.29, 0.717) is 5.02 Å². The van der Waals surface area contributed by atoms with Gasteiger partial charge >= 0.3 is 0 Å². The number of halogens is 2. The second kappa shape index (κ2) is 9.10. The third-order valence-electron chi connectivity index (χ3n) is 3.98. The number of nitrogens with one attached hydrogen (secondary N) is 2. The Morgan fingerprint density at radius 3 is 2.07 bits per heavy atom. The molecule has 0 saturated heterocycles. The van der Waals surface area contributed by atoms with E-state index in [1.165, 1.54) is 24.3 Å². The van der Waals surface area contributed by atoms with Crippen LogP contribution < -0.4 is 10.6 Å². The Labute approximate surface area is 166 Å². The first-order valence-corrected chi connectivity index (χ1v) is 8.92. The van der Waals surface area contributed by atoms with Crippen LogP contribution in [0.3, 0.4) is 0 Å². The van der Waals surface area contributed by atoms with Gasteiger partial charge in [-0.2, -0.15) is 0 Å². The monoisotopic (exact) mass is 397 g/mol. The number of hydrogen-bond acceptors (Lipinski definition) is 3. The molecule has 0 spiro atoms. The number of aromatic nitrogens is 1. The van der Waals surface area contributed by atoms with Crippen molar-refractivity contribution in [2.24, 2.45) is 0 Å². The fraction of sp³-hybridized carbons (Fsp3) is 0.0952. The lowest BCUT2D eigenvalue weighted by molar-refractivity contribution is 0.0941. The Morgan fingerprint density at radius 1 is 0.821 bits per heavy atom. The van der Waals surface area contributed by atoms with Gasteiger partial charge in [-0.1, -0.05) is 48.0 Å². The van der Waals surface area contributed by atoms with Crippen LogP contribution in [0, 0.1) is 5.82 Å². The van der Waals surface area contributed by atoms with Gasteiger partial charge in [0, 0.05) is 18.1 Å². The number of nitrogens with zero attached hydrogens (tertiary/aromatic N) is 1. The van der Waals surface area contributed by atoms with Crippen LogP contribution in [0.15, 0.2) is 66.7 Å². The van der Waals surface area contributed by atoms with Crippen LogP contribution in [0.1, 0.15) is 32.1 Å². The standard InChI is InChI=1S/C21H17ClFN3O2/c22-17-5-2-1-4-15(17)13-25-21(28)19-7-3-6-18(26-19)20(27)24-12-14-8-10-16(23)11-9-14/h1-11H,12-13H2,(H,24,27)(H,25,28). The topological polar surface area (TPSA) is 71.1 Å². The van der Waals surface area contributed by atoms with Crippen molar-refractivity contribution in [1.29, 1.82) is 0 Å². The summed E-state index contributed by atoms with van der Waals surface area (Å²) in [6, 6.07) is 17.6. The molecule has 2 aromatic carbocycles. The second-order valence-electron chi connectivity index (χ2n) is 5.99. The van der Waals surface area contributed by atoms with Gasteiger partial charge in [0.2, 0.25) is 0 Å². The first-order chi connectivity index (χ1) is 13.5. The van der Waals surface area contributed by atoms with Crippen molar-refractivity contribution in [1.82, 2.24) is 15.6 Å². The summed E-state index contributed by atoms with van der Waals surface area (Å²) in [5, 5.41) is 5.99. The highest BCUT2D eigenvalue weighted by Crippen LogP contribution is 2.14. The summed E-state index contributed by atoms with van der Waals surface area (Å²) in [6.07, 6.45) is 0. The van der Waals surface area contributed by atoms with E-state index < -0.39 is 11.8 Å². The van der Waals surface area contributed by atoms with Crippen LogP contribution in [0.25, 0.3) is 0 Å². The highest BCUT2D eigenvalue weighted by atomic mass is 35.5. The molecule has 0 aliphatic rings. The predicted octanol–water partition coefficient (Wildman–Crippen LogP) is 3.73. The largest absolute Gasteiger partial charge is 0.347 e. The van der Waals surface area contributed by atoms with Gasteiger partial charge in [-0.05, 0) is 41.5 Å². The molecule has 28 heavy (non-hydrogen) atoms. The lowest BCUT2D eigenvalue weighted by atomic mass is 10.2. The van der Waals surface area contributed by atoms with E-state index in [-0.39, 0.29) is 30.3 Å². The zero-order chi connectivity index (χ0) is 19.9. The minimum Gasteiger partial charge on any atom is -0.347 e. The number of carbonyl (C=O) groups is 2. The van der Waals surface area contributed by atoms with E-state index in [1.54, 1.807) is 24.3 Å². The smallest absolute Gasteiger partial charge is 0.270 e. The average Bonchev–Trinajstić information content (AvgIpc) is 2.72.